The van der Waals surface area contributed by atoms with Gasteiger partial charge in [-0.2, -0.15) is 0 Å². The van der Waals surface area contributed by atoms with Crippen LogP contribution in [0.15, 0.2) is 85.1 Å². The van der Waals surface area contributed by atoms with E-state index in [0.717, 1.165) is 38.5 Å². The van der Waals surface area contributed by atoms with Gasteiger partial charge in [-0.3, -0.25) is 14.1 Å². The highest BCUT2D eigenvalue weighted by Crippen LogP contribution is 2.36. The summed E-state index contributed by atoms with van der Waals surface area (Å²) < 4.78 is 26.2. The third kappa shape index (κ3) is 41.8. The summed E-state index contributed by atoms with van der Waals surface area (Å²) in [5.41, 5.74) is 0. The topological polar surface area (TPSA) is 119 Å². The molecule has 1 atom stereocenters. The number of phosphoric acid groups is 1. The number of rotatable bonds is 36. The van der Waals surface area contributed by atoms with Crippen LogP contribution in [0.4, 0.5) is 0 Å². The zero-order valence-corrected chi connectivity index (χ0v) is 34.0. The fourth-order valence-electron chi connectivity index (χ4n) is 5.26. The lowest BCUT2D eigenvalue weighted by atomic mass is 10.1. The molecule has 1 unspecified atom stereocenters. The first-order chi connectivity index (χ1) is 25.8. The molecule has 0 bridgehead atoms. The Labute approximate surface area is 322 Å². The number of unbranched alkanes of at least 4 members (excludes halogenated alkanes) is 16. The number of allylic oxidation sites excluding steroid dienone is 14. The molecule has 0 aliphatic rings. The number of hydrogen-bond donors (Lipinski definition) is 2. The summed E-state index contributed by atoms with van der Waals surface area (Å²) >= 11 is 0. The number of hydrogen-bond acceptors (Lipinski definition) is 6. The van der Waals surface area contributed by atoms with E-state index in [2.05, 4.69) is 48.8 Å². The molecule has 8 nitrogen and oxygen atoms in total. The standard InChI is InChI=1S/C44H73O8P/c1-3-5-7-9-11-13-15-17-18-19-20-21-22-23-24-25-27-28-30-32-34-36-38-43(45)50-40-42(41-51-53(47,48)49)52-44(46)39-37-35-33-31-29-26-16-14-12-10-8-6-4-2/h6,8,10,12,14,16,19-20,22-23,26,29,31,33,42H,3-5,7,9,11,13,15,17-18,21,24-25,27-28,30,32,34-41H2,1-2H3,(H2,47,48,49)/b8-6+,12-10+,16-14+,20-19+,23-22+,29-26+,33-31+. The summed E-state index contributed by atoms with van der Waals surface area (Å²) in [5.74, 6) is -0.988. The first-order valence-corrected chi connectivity index (χ1v) is 22.0. The van der Waals surface area contributed by atoms with Crippen LogP contribution >= 0.6 is 7.82 Å². The number of esters is 2. The lowest BCUT2D eigenvalue weighted by Crippen LogP contribution is -2.29. The molecule has 0 aromatic heterocycles. The largest absolute Gasteiger partial charge is 0.469 e. The van der Waals surface area contributed by atoms with Crippen LogP contribution in [-0.4, -0.2) is 41.0 Å². The zero-order valence-electron chi connectivity index (χ0n) is 33.1. The molecule has 302 valence electrons. The molecule has 2 N–H and O–H groups in total. The van der Waals surface area contributed by atoms with Gasteiger partial charge in [-0.15, -0.1) is 0 Å². The third-order valence-corrected chi connectivity index (χ3v) is 8.76. The van der Waals surface area contributed by atoms with Crippen molar-refractivity contribution in [2.45, 2.75) is 168 Å². The first kappa shape index (κ1) is 50.2. The molecule has 0 spiro atoms. The van der Waals surface area contributed by atoms with Gasteiger partial charge in [0, 0.05) is 12.8 Å². The lowest BCUT2D eigenvalue weighted by Gasteiger charge is -2.18. The fourth-order valence-corrected chi connectivity index (χ4v) is 5.62. The Morgan fingerprint density at radius 1 is 0.528 bits per heavy atom. The second kappa shape index (κ2) is 38.9. The molecule has 9 heteroatoms. The van der Waals surface area contributed by atoms with E-state index in [4.69, 9.17) is 19.3 Å². The second-order valence-electron chi connectivity index (χ2n) is 13.3. The maximum Gasteiger partial charge on any atom is 0.469 e. The van der Waals surface area contributed by atoms with Crippen LogP contribution in [0.25, 0.3) is 0 Å². The summed E-state index contributed by atoms with van der Waals surface area (Å²) in [4.78, 5) is 42.7. The average molecular weight is 761 g/mol. The molecule has 0 aromatic rings. The second-order valence-corrected chi connectivity index (χ2v) is 14.6. The van der Waals surface area contributed by atoms with Gasteiger partial charge < -0.3 is 19.3 Å². The van der Waals surface area contributed by atoms with E-state index in [1.54, 1.807) is 0 Å². The highest BCUT2D eigenvalue weighted by Gasteiger charge is 2.22. The van der Waals surface area contributed by atoms with Gasteiger partial charge in [0.1, 0.15) is 6.61 Å². The van der Waals surface area contributed by atoms with Gasteiger partial charge in [-0.1, -0.05) is 176 Å². The van der Waals surface area contributed by atoms with Crippen molar-refractivity contribution in [2.75, 3.05) is 13.2 Å². The fraction of sp³-hybridized carbons (Fsp3) is 0.636. The van der Waals surface area contributed by atoms with Crippen LogP contribution in [0, 0.1) is 0 Å². The Morgan fingerprint density at radius 3 is 1.55 bits per heavy atom. The number of carbonyl (C=O) groups excluding carboxylic acids is 2. The SMILES string of the molecule is CC/C=C/C=C/C=C/C=C/C=C/CCCC(=O)OC(COC(=O)CCCCCCCCC/C=C/C/C=C/CCCCCCCCCC)COP(=O)(O)O. The van der Waals surface area contributed by atoms with Crippen molar-refractivity contribution >= 4 is 19.8 Å². The Balaban J connectivity index is 4.00. The average Bonchev–Trinajstić information content (AvgIpc) is 3.13. The molecule has 0 rings (SSSR count). The van der Waals surface area contributed by atoms with Crippen LogP contribution < -0.4 is 0 Å². The van der Waals surface area contributed by atoms with Crippen molar-refractivity contribution < 1.29 is 37.9 Å². The molecular formula is C44H73O8P. The van der Waals surface area contributed by atoms with Crippen molar-refractivity contribution in [3.63, 3.8) is 0 Å². The van der Waals surface area contributed by atoms with E-state index in [0.29, 0.717) is 19.3 Å². The van der Waals surface area contributed by atoms with Crippen LogP contribution in [-0.2, 0) is 28.2 Å². The normalized spacial score (nSPS) is 13.4. The molecule has 0 amide bonds. The zero-order chi connectivity index (χ0) is 38.9. The van der Waals surface area contributed by atoms with Gasteiger partial charge in [0.25, 0.3) is 0 Å². The monoisotopic (exact) mass is 761 g/mol. The van der Waals surface area contributed by atoms with Gasteiger partial charge >= 0.3 is 19.8 Å². The van der Waals surface area contributed by atoms with E-state index in [1.165, 1.54) is 77.0 Å². The first-order valence-electron chi connectivity index (χ1n) is 20.4. The number of carbonyl (C=O) groups is 2. The quantitative estimate of drug-likeness (QED) is 0.0213. The highest BCUT2D eigenvalue weighted by atomic mass is 31.2. The minimum absolute atomic E-state index is 0.109. The van der Waals surface area contributed by atoms with Gasteiger partial charge in [-0.05, 0) is 57.8 Å². The van der Waals surface area contributed by atoms with Crippen molar-refractivity contribution in [1.29, 1.82) is 0 Å². The van der Waals surface area contributed by atoms with Gasteiger partial charge in [0.05, 0.1) is 6.61 Å². The van der Waals surface area contributed by atoms with Crippen molar-refractivity contribution in [2.24, 2.45) is 0 Å². The van der Waals surface area contributed by atoms with Gasteiger partial charge in [0.15, 0.2) is 6.10 Å². The van der Waals surface area contributed by atoms with Crippen LogP contribution in [0.2, 0.25) is 0 Å². The summed E-state index contributed by atoms with van der Waals surface area (Å²) in [5, 5.41) is 0. The molecule has 0 aliphatic heterocycles. The molecule has 0 fully saturated rings. The van der Waals surface area contributed by atoms with Crippen molar-refractivity contribution in [1.82, 2.24) is 0 Å². The van der Waals surface area contributed by atoms with Crippen LogP contribution in [0.5, 0.6) is 0 Å². The Morgan fingerprint density at radius 2 is 1.00 bits per heavy atom. The molecule has 53 heavy (non-hydrogen) atoms. The molecule has 0 aromatic carbocycles. The third-order valence-electron chi connectivity index (χ3n) is 8.28. The predicted molar refractivity (Wildman–Crippen MR) is 220 cm³/mol. The van der Waals surface area contributed by atoms with Crippen molar-refractivity contribution in [3.8, 4) is 0 Å². The Kier molecular flexibility index (Phi) is 36.9. The van der Waals surface area contributed by atoms with Gasteiger partial charge in [-0.25, -0.2) is 4.57 Å². The number of ether oxygens (including phenoxy) is 2. The van der Waals surface area contributed by atoms with Gasteiger partial charge in [0.2, 0.25) is 0 Å². The minimum atomic E-state index is -4.78. The summed E-state index contributed by atoms with van der Waals surface area (Å²) in [6.45, 7) is 3.46. The number of phosphoric ester groups is 1. The molecule has 0 saturated carbocycles. The Hall–Kier alpha value is -2.77. The maximum atomic E-state index is 12.3. The van der Waals surface area contributed by atoms with Crippen LogP contribution in [0.3, 0.4) is 0 Å². The molecular weight excluding hydrogens is 687 g/mol. The molecule has 0 saturated heterocycles. The van der Waals surface area contributed by atoms with E-state index in [1.807, 2.05) is 54.7 Å². The van der Waals surface area contributed by atoms with E-state index in [-0.39, 0.29) is 19.4 Å². The smallest absolute Gasteiger partial charge is 0.462 e. The summed E-state index contributed by atoms with van der Waals surface area (Å²) in [7, 11) is -4.78. The molecule has 0 aliphatic carbocycles. The predicted octanol–water partition coefficient (Wildman–Crippen LogP) is 12.5. The molecule has 0 radical (unpaired) electrons. The van der Waals surface area contributed by atoms with E-state index in [9.17, 15) is 14.2 Å². The van der Waals surface area contributed by atoms with Crippen LogP contribution in [0.1, 0.15) is 162 Å². The van der Waals surface area contributed by atoms with Crippen molar-refractivity contribution in [3.05, 3.63) is 85.1 Å². The lowest BCUT2D eigenvalue weighted by molar-refractivity contribution is -0.161. The highest BCUT2D eigenvalue weighted by molar-refractivity contribution is 7.46. The summed E-state index contributed by atoms with van der Waals surface area (Å²) in [6.07, 6.45) is 51.8. The van der Waals surface area contributed by atoms with E-state index < -0.39 is 32.5 Å². The maximum absolute atomic E-state index is 12.3. The Bertz CT molecular complexity index is 1130. The molecule has 0 heterocycles. The summed E-state index contributed by atoms with van der Waals surface area (Å²) in [6, 6.07) is 0. The minimum Gasteiger partial charge on any atom is -0.462 e. The van der Waals surface area contributed by atoms with E-state index >= 15 is 0 Å².